The molecular weight excluding hydrogens is 292 g/mol. The topological polar surface area (TPSA) is 49.4 Å². The molecule has 2 heterocycles. The fraction of sp³-hybridized carbons (Fsp3) is 0.714. The molecule has 0 bridgehead atoms. The van der Waals surface area contributed by atoms with E-state index in [-0.39, 0.29) is 0 Å². The van der Waals surface area contributed by atoms with Crippen molar-refractivity contribution in [2.45, 2.75) is 38.5 Å². The van der Waals surface area contributed by atoms with Crippen molar-refractivity contribution in [1.82, 2.24) is 9.62 Å². The Morgan fingerprint density at radius 2 is 2.00 bits per heavy atom. The van der Waals surface area contributed by atoms with Gasteiger partial charge in [0.05, 0.1) is 4.90 Å². The largest absolute Gasteiger partial charge is 0.317 e. The van der Waals surface area contributed by atoms with E-state index in [9.17, 15) is 8.42 Å². The lowest BCUT2D eigenvalue weighted by atomic mass is 9.98. The molecule has 0 aliphatic carbocycles. The Balaban J connectivity index is 2.18. The predicted molar refractivity (Wildman–Crippen MR) is 83.8 cm³/mol. The van der Waals surface area contributed by atoms with E-state index in [0.29, 0.717) is 23.9 Å². The number of sulfonamides is 1. The van der Waals surface area contributed by atoms with Crippen LogP contribution in [0.15, 0.2) is 11.0 Å². The Hall–Kier alpha value is -0.430. The molecule has 1 aromatic rings. The Kier molecular flexibility index (Phi) is 5.23. The van der Waals surface area contributed by atoms with Gasteiger partial charge < -0.3 is 5.32 Å². The molecule has 1 aliphatic heterocycles. The third-order valence-electron chi connectivity index (χ3n) is 3.89. The summed E-state index contributed by atoms with van der Waals surface area (Å²) < 4.78 is 27.2. The average Bonchev–Trinajstić information content (AvgIpc) is 2.76. The number of rotatable bonds is 5. The maximum Gasteiger partial charge on any atom is 0.244 e. The van der Waals surface area contributed by atoms with Gasteiger partial charge in [0.25, 0.3) is 0 Å². The number of hydrogen-bond acceptors (Lipinski definition) is 4. The van der Waals surface area contributed by atoms with Crippen molar-refractivity contribution < 1.29 is 8.42 Å². The Labute approximate surface area is 126 Å². The lowest BCUT2D eigenvalue weighted by Gasteiger charge is -2.28. The number of thiophene rings is 1. The lowest BCUT2D eigenvalue weighted by Crippen LogP contribution is -2.39. The van der Waals surface area contributed by atoms with Crippen LogP contribution in [-0.2, 0) is 10.0 Å². The second kappa shape index (κ2) is 6.56. The number of piperidine rings is 1. The summed E-state index contributed by atoms with van der Waals surface area (Å²) in [5, 5.41) is 3.32. The van der Waals surface area contributed by atoms with Crippen LogP contribution in [0.5, 0.6) is 0 Å². The van der Waals surface area contributed by atoms with Gasteiger partial charge in [0.2, 0.25) is 10.0 Å². The van der Waals surface area contributed by atoms with Gasteiger partial charge in [-0.1, -0.05) is 6.92 Å². The molecule has 0 saturated carbocycles. The summed E-state index contributed by atoms with van der Waals surface area (Å²) in [4.78, 5) is 2.45. The van der Waals surface area contributed by atoms with E-state index < -0.39 is 10.0 Å². The van der Waals surface area contributed by atoms with Crippen LogP contribution in [0.4, 0.5) is 0 Å². The molecule has 1 fully saturated rings. The van der Waals surface area contributed by atoms with Gasteiger partial charge in [-0.25, -0.2) is 8.42 Å². The standard InChI is InChI=1S/C14H24N2O2S2/c1-4-16(10-13-5-7-15-8-6-13)20(17,18)14-9-11(2)19-12(14)3/h9,13,15H,4-8,10H2,1-3H3. The van der Waals surface area contributed by atoms with Gasteiger partial charge in [-0.2, -0.15) is 4.31 Å². The molecule has 1 saturated heterocycles. The first-order valence-corrected chi connectivity index (χ1v) is 9.48. The summed E-state index contributed by atoms with van der Waals surface area (Å²) in [5.41, 5.74) is 0. The molecule has 0 amide bonds. The maximum atomic E-state index is 12.8. The van der Waals surface area contributed by atoms with Crippen molar-refractivity contribution in [2.24, 2.45) is 5.92 Å². The van der Waals surface area contributed by atoms with Gasteiger partial charge >= 0.3 is 0 Å². The highest BCUT2D eigenvalue weighted by Gasteiger charge is 2.28. The summed E-state index contributed by atoms with van der Waals surface area (Å²) in [5.74, 6) is 0.478. The summed E-state index contributed by atoms with van der Waals surface area (Å²) in [6.07, 6.45) is 2.13. The molecule has 2 rings (SSSR count). The van der Waals surface area contributed by atoms with E-state index in [2.05, 4.69) is 5.32 Å². The summed E-state index contributed by atoms with van der Waals surface area (Å²) in [6.45, 7) is 8.96. The molecule has 0 spiro atoms. The van der Waals surface area contributed by atoms with Crippen molar-refractivity contribution in [3.63, 3.8) is 0 Å². The number of aryl methyl sites for hydroxylation is 2. The predicted octanol–water partition coefficient (Wildman–Crippen LogP) is 2.38. The Morgan fingerprint density at radius 3 is 2.50 bits per heavy atom. The minimum absolute atomic E-state index is 0.478. The smallest absolute Gasteiger partial charge is 0.244 e. The van der Waals surface area contributed by atoms with Crippen LogP contribution in [0.2, 0.25) is 0 Å². The SMILES string of the molecule is CCN(CC1CCNCC1)S(=O)(=O)c1cc(C)sc1C. The van der Waals surface area contributed by atoms with Crippen LogP contribution in [0.25, 0.3) is 0 Å². The molecule has 1 aliphatic rings. The number of nitrogens with one attached hydrogen (secondary N) is 1. The molecule has 0 unspecified atom stereocenters. The van der Waals surface area contributed by atoms with E-state index in [1.165, 1.54) is 0 Å². The van der Waals surface area contributed by atoms with E-state index in [0.717, 1.165) is 35.7 Å². The Morgan fingerprint density at radius 1 is 1.35 bits per heavy atom. The average molecular weight is 316 g/mol. The van der Waals surface area contributed by atoms with Gasteiger partial charge in [0.15, 0.2) is 0 Å². The first-order chi connectivity index (χ1) is 9.45. The van der Waals surface area contributed by atoms with Gasteiger partial charge in [-0.3, -0.25) is 0 Å². The molecule has 1 N–H and O–H groups in total. The van der Waals surface area contributed by atoms with Gasteiger partial charge in [0.1, 0.15) is 0 Å². The minimum atomic E-state index is -3.34. The van der Waals surface area contributed by atoms with Crippen molar-refractivity contribution >= 4 is 21.4 Å². The van der Waals surface area contributed by atoms with Crippen LogP contribution < -0.4 is 5.32 Å². The van der Waals surface area contributed by atoms with Crippen molar-refractivity contribution in [3.8, 4) is 0 Å². The normalized spacial score (nSPS) is 17.8. The third-order valence-corrected chi connectivity index (χ3v) is 7.05. The summed E-state index contributed by atoms with van der Waals surface area (Å²) >= 11 is 1.55. The van der Waals surface area contributed by atoms with Crippen molar-refractivity contribution in [2.75, 3.05) is 26.2 Å². The molecule has 20 heavy (non-hydrogen) atoms. The highest BCUT2D eigenvalue weighted by molar-refractivity contribution is 7.89. The van der Waals surface area contributed by atoms with E-state index >= 15 is 0 Å². The molecule has 114 valence electrons. The number of hydrogen-bond donors (Lipinski definition) is 1. The molecule has 0 aromatic carbocycles. The monoisotopic (exact) mass is 316 g/mol. The van der Waals surface area contributed by atoms with Gasteiger partial charge in [-0.15, -0.1) is 11.3 Å². The van der Waals surface area contributed by atoms with Gasteiger partial charge in [0, 0.05) is 22.8 Å². The quantitative estimate of drug-likeness (QED) is 0.907. The zero-order valence-electron chi connectivity index (χ0n) is 12.5. The maximum absolute atomic E-state index is 12.8. The Bertz CT molecular complexity index is 546. The van der Waals surface area contributed by atoms with Crippen molar-refractivity contribution in [3.05, 3.63) is 15.8 Å². The first kappa shape index (κ1) is 15.9. The number of nitrogens with zero attached hydrogens (tertiary/aromatic N) is 1. The van der Waals surface area contributed by atoms with E-state index in [1.54, 1.807) is 21.7 Å². The molecule has 0 radical (unpaired) electrons. The first-order valence-electron chi connectivity index (χ1n) is 7.23. The molecule has 0 atom stereocenters. The van der Waals surface area contributed by atoms with Crippen molar-refractivity contribution in [1.29, 1.82) is 0 Å². The molecule has 4 nitrogen and oxygen atoms in total. The highest BCUT2D eigenvalue weighted by atomic mass is 32.2. The second-order valence-electron chi connectivity index (χ2n) is 5.43. The molecule has 1 aromatic heterocycles. The van der Waals surface area contributed by atoms with Gasteiger partial charge in [-0.05, 0) is 51.8 Å². The molecular formula is C14H24N2O2S2. The zero-order valence-corrected chi connectivity index (χ0v) is 14.1. The zero-order chi connectivity index (χ0) is 14.8. The third kappa shape index (κ3) is 3.42. The summed E-state index contributed by atoms with van der Waals surface area (Å²) in [6, 6.07) is 1.81. The van der Waals surface area contributed by atoms with E-state index in [1.807, 2.05) is 20.8 Å². The van der Waals surface area contributed by atoms with E-state index in [4.69, 9.17) is 0 Å². The van der Waals surface area contributed by atoms with Crippen LogP contribution >= 0.6 is 11.3 Å². The highest BCUT2D eigenvalue weighted by Crippen LogP contribution is 2.28. The summed E-state index contributed by atoms with van der Waals surface area (Å²) in [7, 11) is -3.34. The van der Waals surface area contributed by atoms with Crippen LogP contribution in [0.1, 0.15) is 29.5 Å². The minimum Gasteiger partial charge on any atom is -0.317 e. The molecule has 6 heteroatoms. The fourth-order valence-corrected chi connectivity index (χ4v) is 5.80. The van der Waals surface area contributed by atoms with Crippen LogP contribution in [0.3, 0.4) is 0 Å². The fourth-order valence-electron chi connectivity index (χ4n) is 2.75. The second-order valence-corrected chi connectivity index (χ2v) is 8.79. The lowest BCUT2D eigenvalue weighted by molar-refractivity contribution is 0.294. The van der Waals surface area contributed by atoms with Crippen LogP contribution in [0, 0.1) is 19.8 Å². The van der Waals surface area contributed by atoms with Crippen LogP contribution in [-0.4, -0.2) is 38.9 Å².